The number of anilines is 1. The fraction of sp³-hybridized carbons (Fsp3) is 0.0500. The van der Waals surface area contributed by atoms with E-state index in [0.717, 1.165) is 5.56 Å². The van der Waals surface area contributed by atoms with E-state index < -0.39 is 0 Å². The number of carbonyl (C=O) groups is 1. The van der Waals surface area contributed by atoms with Crippen LogP contribution in [-0.4, -0.2) is 20.5 Å². The minimum absolute atomic E-state index is 0.316. The van der Waals surface area contributed by atoms with Crippen LogP contribution in [0.4, 0.5) is 10.1 Å². The molecule has 2 heterocycles. The Kier molecular flexibility index (Phi) is 4.33. The lowest BCUT2D eigenvalue weighted by molar-refractivity contribution is 0.102. The maximum absolute atomic E-state index is 13.2. The van der Waals surface area contributed by atoms with Crippen LogP contribution in [-0.2, 0) is 0 Å². The van der Waals surface area contributed by atoms with Gasteiger partial charge in [-0.15, -0.1) is 10.2 Å². The highest BCUT2D eigenvalue weighted by Crippen LogP contribution is 2.23. The highest BCUT2D eigenvalue weighted by molar-refractivity contribution is 6.31. The molecule has 134 valence electrons. The van der Waals surface area contributed by atoms with E-state index in [1.165, 1.54) is 12.1 Å². The number of amides is 1. The molecule has 0 aliphatic rings. The van der Waals surface area contributed by atoms with Crippen molar-refractivity contribution in [3.05, 3.63) is 82.8 Å². The van der Waals surface area contributed by atoms with Gasteiger partial charge in [-0.2, -0.15) is 0 Å². The van der Waals surface area contributed by atoms with Crippen LogP contribution in [0.5, 0.6) is 0 Å². The standard InChI is InChI=1S/C20H14ClFN4O/c1-12-4-7-14(21)11-17(12)23-20(27)16-3-2-10-26-18(24-25-19(16)26)13-5-8-15(22)9-6-13/h2-11H,1H3,(H,23,27). The van der Waals surface area contributed by atoms with Crippen molar-refractivity contribution in [1.29, 1.82) is 0 Å². The number of halogens is 2. The maximum Gasteiger partial charge on any atom is 0.259 e. The SMILES string of the molecule is Cc1ccc(Cl)cc1NC(=O)c1cccn2c(-c3ccc(F)cc3)nnc12. The zero-order chi connectivity index (χ0) is 19.0. The summed E-state index contributed by atoms with van der Waals surface area (Å²) in [5.74, 6) is -0.118. The molecule has 5 nitrogen and oxygen atoms in total. The monoisotopic (exact) mass is 380 g/mol. The molecule has 0 saturated heterocycles. The number of pyridine rings is 1. The smallest absolute Gasteiger partial charge is 0.259 e. The van der Waals surface area contributed by atoms with E-state index in [1.54, 1.807) is 47.0 Å². The lowest BCUT2D eigenvalue weighted by Crippen LogP contribution is -2.14. The Bertz CT molecular complexity index is 1150. The molecule has 1 N–H and O–H groups in total. The lowest BCUT2D eigenvalue weighted by atomic mass is 10.1. The molecule has 1 amide bonds. The van der Waals surface area contributed by atoms with Gasteiger partial charge < -0.3 is 5.32 Å². The van der Waals surface area contributed by atoms with Crippen LogP contribution in [0.15, 0.2) is 60.8 Å². The third-order valence-electron chi connectivity index (χ3n) is 4.23. The van der Waals surface area contributed by atoms with Crippen LogP contribution in [0.2, 0.25) is 5.02 Å². The number of benzene rings is 2. The van der Waals surface area contributed by atoms with Crippen LogP contribution in [0.1, 0.15) is 15.9 Å². The lowest BCUT2D eigenvalue weighted by Gasteiger charge is -2.09. The second-order valence-electron chi connectivity index (χ2n) is 6.06. The van der Waals surface area contributed by atoms with Gasteiger partial charge in [0.15, 0.2) is 11.5 Å². The molecule has 0 atom stereocenters. The van der Waals surface area contributed by atoms with Gasteiger partial charge in [0.1, 0.15) is 5.82 Å². The first-order chi connectivity index (χ1) is 13.0. The van der Waals surface area contributed by atoms with E-state index in [4.69, 9.17) is 11.6 Å². The normalized spacial score (nSPS) is 10.9. The molecule has 7 heteroatoms. The zero-order valence-corrected chi connectivity index (χ0v) is 15.0. The predicted octanol–water partition coefficient (Wildman–Crippen LogP) is 4.75. The third-order valence-corrected chi connectivity index (χ3v) is 4.46. The van der Waals surface area contributed by atoms with Gasteiger partial charge in [0.2, 0.25) is 0 Å². The summed E-state index contributed by atoms with van der Waals surface area (Å²) in [4.78, 5) is 12.8. The molecule has 4 aromatic rings. The predicted molar refractivity (Wildman–Crippen MR) is 103 cm³/mol. The Morgan fingerprint density at radius 1 is 1.11 bits per heavy atom. The van der Waals surface area contributed by atoms with Gasteiger partial charge in [0, 0.05) is 22.5 Å². The first kappa shape index (κ1) is 17.2. The van der Waals surface area contributed by atoms with E-state index in [-0.39, 0.29) is 11.7 Å². The van der Waals surface area contributed by atoms with Crippen LogP contribution < -0.4 is 5.32 Å². The topological polar surface area (TPSA) is 59.3 Å². The van der Waals surface area contributed by atoms with Crippen molar-refractivity contribution in [1.82, 2.24) is 14.6 Å². The van der Waals surface area contributed by atoms with Crippen LogP contribution in [0, 0.1) is 12.7 Å². The average Bonchev–Trinajstić information content (AvgIpc) is 3.09. The number of carbonyl (C=O) groups excluding carboxylic acids is 1. The Morgan fingerprint density at radius 2 is 1.89 bits per heavy atom. The highest BCUT2D eigenvalue weighted by Gasteiger charge is 2.16. The van der Waals surface area contributed by atoms with Crippen molar-refractivity contribution in [3.63, 3.8) is 0 Å². The molecule has 0 aliphatic carbocycles. The molecule has 0 spiro atoms. The third kappa shape index (κ3) is 3.27. The van der Waals surface area contributed by atoms with Crippen molar-refractivity contribution >= 4 is 28.8 Å². The van der Waals surface area contributed by atoms with E-state index in [0.29, 0.717) is 33.3 Å². The number of aromatic nitrogens is 3. The Morgan fingerprint density at radius 3 is 2.67 bits per heavy atom. The van der Waals surface area contributed by atoms with E-state index >= 15 is 0 Å². The van der Waals surface area contributed by atoms with Gasteiger partial charge in [-0.05, 0) is 61.0 Å². The summed E-state index contributed by atoms with van der Waals surface area (Å²) in [6, 6.07) is 14.7. The average molecular weight is 381 g/mol. The molecule has 27 heavy (non-hydrogen) atoms. The molecule has 0 saturated carbocycles. The maximum atomic E-state index is 13.2. The first-order valence-electron chi connectivity index (χ1n) is 8.20. The molecule has 0 fully saturated rings. The number of rotatable bonds is 3. The Hall–Kier alpha value is -3.25. The zero-order valence-electron chi connectivity index (χ0n) is 14.3. The molecule has 0 aliphatic heterocycles. The minimum atomic E-state index is -0.329. The number of aryl methyl sites for hydroxylation is 1. The van der Waals surface area contributed by atoms with Gasteiger partial charge in [-0.3, -0.25) is 9.20 Å². The molecular formula is C20H14ClFN4O. The summed E-state index contributed by atoms with van der Waals surface area (Å²) in [6.07, 6.45) is 1.76. The Balaban J connectivity index is 1.73. The summed E-state index contributed by atoms with van der Waals surface area (Å²) in [5, 5.41) is 11.7. The molecule has 0 unspecified atom stereocenters. The van der Waals surface area contributed by atoms with Gasteiger partial charge in [0.25, 0.3) is 5.91 Å². The number of nitrogens with one attached hydrogen (secondary N) is 1. The summed E-state index contributed by atoms with van der Waals surface area (Å²) in [7, 11) is 0. The molecule has 2 aromatic heterocycles. The van der Waals surface area contributed by atoms with Crippen LogP contribution >= 0.6 is 11.6 Å². The Labute approximate surface area is 159 Å². The van der Waals surface area contributed by atoms with E-state index in [2.05, 4.69) is 15.5 Å². The summed E-state index contributed by atoms with van der Waals surface area (Å²) < 4.78 is 14.9. The summed E-state index contributed by atoms with van der Waals surface area (Å²) in [5.41, 5.74) is 3.01. The summed E-state index contributed by atoms with van der Waals surface area (Å²) >= 11 is 6.02. The van der Waals surface area contributed by atoms with Crippen molar-refractivity contribution in [2.45, 2.75) is 6.92 Å². The van der Waals surface area contributed by atoms with Gasteiger partial charge in [-0.25, -0.2) is 4.39 Å². The first-order valence-corrected chi connectivity index (χ1v) is 8.58. The summed E-state index contributed by atoms with van der Waals surface area (Å²) in [6.45, 7) is 1.89. The van der Waals surface area contributed by atoms with Crippen LogP contribution in [0.25, 0.3) is 17.0 Å². The van der Waals surface area contributed by atoms with Gasteiger partial charge >= 0.3 is 0 Å². The van der Waals surface area contributed by atoms with E-state index in [1.807, 2.05) is 13.0 Å². The molecule has 0 bridgehead atoms. The fourth-order valence-electron chi connectivity index (χ4n) is 2.81. The largest absolute Gasteiger partial charge is 0.322 e. The fourth-order valence-corrected chi connectivity index (χ4v) is 2.98. The van der Waals surface area contributed by atoms with Crippen molar-refractivity contribution in [3.8, 4) is 11.4 Å². The number of hydrogen-bond donors (Lipinski definition) is 1. The quantitative estimate of drug-likeness (QED) is 0.558. The minimum Gasteiger partial charge on any atom is -0.322 e. The van der Waals surface area contributed by atoms with E-state index in [9.17, 15) is 9.18 Å². The van der Waals surface area contributed by atoms with Crippen molar-refractivity contribution < 1.29 is 9.18 Å². The van der Waals surface area contributed by atoms with Crippen molar-refractivity contribution in [2.75, 3.05) is 5.32 Å². The second kappa shape index (κ2) is 6.81. The van der Waals surface area contributed by atoms with Gasteiger partial charge in [0.05, 0.1) is 5.56 Å². The van der Waals surface area contributed by atoms with Crippen LogP contribution in [0.3, 0.4) is 0 Å². The second-order valence-corrected chi connectivity index (χ2v) is 6.50. The number of fused-ring (bicyclic) bond motifs is 1. The molecule has 2 aromatic carbocycles. The molecule has 4 rings (SSSR count). The molecule has 0 radical (unpaired) electrons. The van der Waals surface area contributed by atoms with Gasteiger partial charge in [-0.1, -0.05) is 17.7 Å². The molecular weight excluding hydrogens is 367 g/mol. The highest BCUT2D eigenvalue weighted by atomic mass is 35.5. The number of nitrogens with zero attached hydrogens (tertiary/aromatic N) is 3. The van der Waals surface area contributed by atoms with Crippen molar-refractivity contribution in [2.24, 2.45) is 0 Å². The number of hydrogen-bond acceptors (Lipinski definition) is 3.